The summed E-state index contributed by atoms with van der Waals surface area (Å²) in [7, 11) is 0. The Bertz CT molecular complexity index is 618. The monoisotopic (exact) mass is 250 g/mol. The highest BCUT2D eigenvalue weighted by atomic mass is 32.1. The molecule has 0 atom stereocenters. The van der Waals surface area contributed by atoms with E-state index < -0.39 is 0 Å². The van der Waals surface area contributed by atoms with Crippen LogP contribution in [0.15, 0.2) is 0 Å². The van der Waals surface area contributed by atoms with Crippen molar-refractivity contribution in [3.05, 3.63) is 10.5 Å². The van der Waals surface area contributed by atoms with Crippen molar-refractivity contribution in [1.29, 1.82) is 5.26 Å². The Morgan fingerprint density at radius 2 is 2.12 bits per heavy atom. The molecule has 0 saturated heterocycles. The molecule has 3 N–H and O–H groups in total. The number of hydrogen-bond acceptors (Lipinski definition) is 5. The van der Waals surface area contributed by atoms with Gasteiger partial charge in [0.2, 0.25) is 5.82 Å². The fourth-order valence-corrected chi connectivity index (χ4v) is 1.70. The first-order chi connectivity index (χ1) is 8.17. The molecule has 0 saturated carbocycles. The van der Waals surface area contributed by atoms with Crippen LogP contribution in [0.2, 0.25) is 0 Å². The predicted molar refractivity (Wildman–Crippen MR) is 68.9 cm³/mol. The first kappa shape index (κ1) is 13.1. The number of aromatic nitrogens is 4. The normalized spacial score (nSPS) is 9.53. The number of hydrogen-bond donors (Lipinski definition) is 2. The summed E-state index contributed by atoms with van der Waals surface area (Å²) in [5, 5.41) is 12.3. The van der Waals surface area contributed by atoms with Crippen molar-refractivity contribution in [3.63, 3.8) is 0 Å². The minimum Gasteiger partial charge on any atom is -0.383 e. The van der Waals surface area contributed by atoms with Crippen LogP contribution in [0.3, 0.4) is 0 Å². The number of rotatable bonds is 1. The SMILES string of the molecule is CC.CCn1[nH]c(=S)c2c(N)nc(C#N)nc21. The van der Waals surface area contributed by atoms with Gasteiger partial charge in [-0.15, -0.1) is 0 Å². The Morgan fingerprint density at radius 3 is 2.65 bits per heavy atom. The van der Waals surface area contributed by atoms with Crippen molar-refractivity contribution < 1.29 is 0 Å². The van der Waals surface area contributed by atoms with Gasteiger partial charge in [-0.3, -0.25) is 9.78 Å². The molecule has 2 heterocycles. The van der Waals surface area contributed by atoms with Crippen molar-refractivity contribution in [2.75, 3.05) is 5.73 Å². The van der Waals surface area contributed by atoms with Crippen LogP contribution in [0.1, 0.15) is 26.6 Å². The van der Waals surface area contributed by atoms with Crippen molar-refractivity contribution in [1.82, 2.24) is 19.7 Å². The van der Waals surface area contributed by atoms with Gasteiger partial charge in [0.25, 0.3) is 0 Å². The lowest BCUT2D eigenvalue weighted by atomic mass is 10.4. The second-order valence-corrected chi connectivity index (χ2v) is 3.34. The minimum absolute atomic E-state index is 0.0520. The highest BCUT2D eigenvalue weighted by Gasteiger charge is 2.11. The number of nitrogen functional groups attached to an aromatic ring is 1. The van der Waals surface area contributed by atoms with Crippen LogP contribution in [0.25, 0.3) is 11.0 Å². The molecule has 90 valence electrons. The van der Waals surface area contributed by atoms with Gasteiger partial charge >= 0.3 is 0 Å². The molecule has 6 nitrogen and oxygen atoms in total. The average molecular weight is 250 g/mol. The Morgan fingerprint density at radius 1 is 1.47 bits per heavy atom. The summed E-state index contributed by atoms with van der Waals surface area (Å²) in [6.07, 6.45) is 0. The molecular formula is C10H14N6S. The van der Waals surface area contributed by atoms with Crippen LogP contribution in [0, 0.1) is 16.0 Å². The molecule has 0 aromatic carbocycles. The second-order valence-electron chi connectivity index (χ2n) is 2.93. The Balaban J connectivity index is 0.000000686. The topological polar surface area (TPSA) is 96.3 Å². The van der Waals surface area contributed by atoms with Crippen molar-refractivity contribution in [3.8, 4) is 6.07 Å². The van der Waals surface area contributed by atoms with E-state index in [1.54, 1.807) is 4.68 Å². The lowest BCUT2D eigenvalue weighted by molar-refractivity contribution is 0.673. The van der Waals surface area contributed by atoms with Crippen LogP contribution in [0.4, 0.5) is 5.82 Å². The van der Waals surface area contributed by atoms with E-state index in [1.807, 2.05) is 26.8 Å². The molecule has 2 aromatic rings. The number of aromatic amines is 1. The molecule has 2 aromatic heterocycles. The maximum Gasteiger partial charge on any atom is 0.236 e. The number of anilines is 1. The molecule has 0 fully saturated rings. The molecule has 0 spiro atoms. The van der Waals surface area contributed by atoms with Gasteiger partial charge in [0, 0.05) is 6.54 Å². The predicted octanol–water partition coefficient (Wildman–Crippen LogP) is 1.99. The molecule has 0 aliphatic carbocycles. The molecule has 0 unspecified atom stereocenters. The molecule has 2 rings (SSSR count). The number of fused-ring (bicyclic) bond motifs is 1. The number of H-pyrrole nitrogens is 1. The summed E-state index contributed by atoms with van der Waals surface area (Å²) in [5.74, 6) is 0.293. The summed E-state index contributed by atoms with van der Waals surface area (Å²) in [4.78, 5) is 7.89. The fourth-order valence-electron chi connectivity index (χ4n) is 1.39. The summed E-state index contributed by atoms with van der Waals surface area (Å²) in [5.41, 5.74) is 6.27. The standard InChI is InChI=1S/C8H8N6S.C2H6/c1-2-14-7-5(8(15)13-14)6(10)11-4(3-9)12-7;1-2/h2H2,1H3,(H,13,15)(H2,10,11,12);1-2H3. The van der Waals surface area contributed by atoms with Gasteiger partial charge in [-0.05, 0) is 6.92 Å². The summed E-state index contributed by atoms with van der Waals surface area (Å²) < 4.78 is 2.23. The summed E-state index contributed by atoms with van der Waals surface area (Å²) in [6, 6.07) is 1.86. The van der Waals surface area contributed by atoms with E-state index in [1.165, 1.54) is 0 Å². The first-order valence-corrected chi connectivity index (χ1v) is 5.74. The molecule has 7 heteroatoms. The van der Waals surface area contributed by atoms with E-state index in [4.69, 9.17) is 23.2 Å². The van der Waals surface area contributed by atoms with E-state index >= 15 is 0 Å². The number of nitrogens with zero attached hydrogens (tertiary/aromatic N) is 4. The molecule has 0 amide bonds. The Kier molecular flexibility index (Phi) is 4.17. The quantitative estimate of drug-likeness (QED) is 0.754. The third kappa shape index (κ3) is 2.26. The lowest BCUT2D eigenvalue weighted by Crippen LogP contribution is -2.01. The van der Waals surface area contributed by atoms with Crippen molar-refractivity contribution >= 4 is 29.1 Å². The lowest BCUT2D eigenvalue weighted by Gasteiger charge is -1.99. The third-order valence-corrected chi connectivity index (χ3v) is 2.35. The maximum atomic E-state index is 8.72. The van der Waals surface area contributed by atoms with Gasteiger partial charge < -0.3 is 5.73 Å². The number of aryl methyl sites for hydroxylation is 1. The molecule has 0 aliphatic rings. The van der Waals surface area contributed by atoms with E-state index in [0.29, 0.717) is 22.2 Å². The molecule has 17 heavy (non-hydrogen) atoms. The van der Waals surface area contributed by atoms with Crippen LogP contribution < -0.4 is 5.73 Å². The Labute approximate surface area is 104 Å². The van der Waals surface area contributed by atoms with Gasteiger partial charge in [-0.2, -0.15) is 10.2 Å². The van der Waals surface area contributed by atoms with E-state index in [0.717, 1.165) is 0 Å². The summed E-state index contributed by atoms with van der Waals surface area (Å²) >= 11 is 5.09. The average Bonchev–Trinajstić information content (AvgIpc) is 2.68. The summed E-state index contributed by atoms with van der Waals surface area (Å²) in [6.45, 7) is 6.61. The highest BCUT2D eigenvalue weighted by Crippen LogP contribution is 2.18. The second kappa shape index (κ2) is 5.41. The maximum absolute atomic E-state index is 8.72. The smallest absolute Gasteiger partial charge is 0.236 e. The zero-order valence-electron chi connectivity index (χ0n) is 9.98. The van der Waals surface area contributed by atoms with Gasteiger partial charge in [-0.1, -0.05) is 26.1 Å². The number of nitrogens with two attached hydrogens (primary N) is 1. The van der Waals surface area contributed by atoms with Crippen molar-refractivity contribution in [2.24, 2.45) is 0 Å². The largest absolute Gasteiger partial charge is 0.383 e. The first-order valence-electron chi connectivity index (χ1n) is 5.33. The fraction of sp³-hybridized carbons (Fsp3) is 0.400. The molecule has 0 bridgehead atoms. The Hall–Kier alpha value is -1.94. The highest BCUT2D eigenvalue weighted by molar-refractivity contribution is 7.71. The molecule has 0 aliphatic heterocycles. The molecule has 0 radical (unpaired) electrons. The van der Waals surface area contributed by atoms with E-state index in [-0.39, 0.29) is 11.6 Å². The molecular weight excluding hydrogens is 236 g/mol. The number of nitrogens with one attached hydrogen (secondary N) is 1. The van der Waals surface area contributed by atoms with Gasteiger partial charge in [0.1, 0.15) is 16.5 Å². The van der Waals surface area contributed by atoms with Gasteiger partial charge in [-0.25, -0.2) is 4.98 Å². The van der Waals surface area contributed by atoms with Crippen LogP contribution in [-0.4, -0.2) is 19.7 Å². The number of nitriles is 1. The van der Waals surface area contributed by atoms with E-state index in [9.17, 15) is 0 Å². The zero-order chi connectivity index (χ0) is 13.0. The van der Waals surface area contributed by atoms with Gasteiger partial charge in [0.15, 0.2) is 5.65 Å². The van der Waals surface area contributed by atoms with Crippen LogP contribution in [-0.2, 0) is 6.54 Å². The zero-order valence-corrected chi connectivity index (χ0v) is 10.8. The van der Waals surface area contributed by atoms with Gasteiger partial charge in [0.05, 0.1) is 5.39 Å². The van der Waals surface area contributed by atoms with E-state index in [2.05, 4.69) is 15.1 Å². The third-order valence-electron chi connectivity index (χ3n) is 2.05. The van der Waals surface area contributed by atoms with Crippen LogP contribution in [0.5, 0.6) is 0 Å². The van der Waals surface area contributed by atoms with Crippen LogP contribution >= 0.6 is 12.2 Å². The minimum atomic E-state index is 0.0520. The van der Waals surface area contributed by atoms with Crippen molar-refractivity contribution in [2.45, 2.75) is 27.3 Å².